The van der Waals surface area contributed by atoms with Gasteiger partial charge in [-0.3, -0.25) is 24.0 Å². The van der Waals surface area contributed by atoms with Gasteiger partial charge >= 0.3 is 0 Å². The number of amides is 1. The zero-order chi connectivity index (χ0) is 28.1. The molecular formula is C31H49NO5. The van der Waals surface area contributed by atoms with Crippen molar-refractivity contribution in [1.82, 2.24) is 0 Å². The molecule has 1 unspecified atom stereocenters. The molecule has 3 rings (SSSR count). The van der Waals surface area contributed by atoms with Gasteiger partial charge in [-0.25, -0.2) is 0 Å². The Morgan fingerprint density at radius 3 is 2.00 bits per heavy atom. The molecule has 3 saturated carbocycles. The van der Waals surface area contributed by atoms with Crippen LogP contribution in [-0.2, 0) is 24.0 Å². The summed E-state index contributed by atoms with van der Waals surface area (Å²) in [4.78, 5) is 65.3. The Hall–Kier alpha value is -1.85. The molecule has 0 heterocycles. The van der Waals surface area contributed by atoms with Gasteiger partial charge in [0.25, 0.3) is 5.91 Å². The molecule has 6 atom stereocenters. The molecule has 208 valence electrons. The molecule has 0 saturated heterocycles. The summed E-state index contributed by atoms with van der Waals surface area (Å²) in [5, 5.41) is 0. The van der Waals surface area contributed by atoms with E-state index in [2.05, 4.69) is 13.8 Å². The van der Waals surface area contributed by atoms with E-state index in [4.69, 9.17) is 5.73 Å². The van der Waals surface area contributed by atoms with Crippen LogP contribution < -0.4 is 5.73 Å². The fraction of sp³-hybridized carbons (Fsp3) is 0.839. The minimum absolute atomic E-state index is 0.0187. The summed E-state index contributed by atoms with van der Waals surface area (Å²) in [5.74, 6) is -2.91. The summed E-state index contributed by atoms with van der Waals surface area (Å²) in [6.45, 7) is 16.4. The third-order valence-corrected chi connectivity index (χ3v) is 9.66. The molecular weight excluding hydrogens is 466 g/mol. The first-order chi connectivity index (χ1) is 16.8. The maximum atomic E-state index is 14.1. The second kappa shape index (κ2) is 10.4. The van der Waals surface area contributed by atoms with Crippen molar-refractivity contribution < 1.29 is 24.0 Å². The van der Waals surface area contributed by atoms with Crippen LogP contribution >= 0.6 is 0 Å². The molecule has 37 heavy (non-hydrogen) atoms. The predicted molar refractivity (Wildman–Crippen MR) is 143 cm³/mol. The number of carbonyl (C=O) groups is 5. The lowest BCUT2D eigenvalue weighted by Crippen LogP contribution is -2.41. The van der Waals surface area contributed by atoms with E-state index in [1.807, 2.05) is 41.5 Å². The number of primary amides is 1. The van der Waals surface area contributed by atoms with Gasteiger partial charge < -0.3 is 5.73 Å². The van der Waals surface area contributed by atoms with Crippen molar-refractivity contribution in [3.63, 3.8) is 0 Å². The molecule has 0 aromatic rings. The van der Waals surface area contributed by atoms with Gasteiger partial charge in [0.2, 0.25) is 5.78 Å². The summed E-state index contributed by atoms with van der Waals surface area (Å²) >= 11 is 0. The van der Waals surface area contributed by atoms with E-state index in [-0.39, 0.29) is 46.9 Å². The Morgan fingerprint density at radius 1 is 0.946 bits per heavy atom. The second-order valence-electron chi connectivity index (χ2n) is 15.3. The number of ketones is 4. The van der Waals surface area contributed by atoms with Crippen molar-refractivity contribution in [2.45, 2.75) is 107 Å². The Morgan fingerprint density at radius 2 is 1.54 bits per heavy atom. The Labute approximate surface area is 223 Å². The number of hydrogen-bond acceptors (Lipinski definition) is 5. The van der Waals surface area contributed by atoms with Gasteiger partial charge in [-0.15, -0.1) is 0 Å². The Balaban J connectivity index is 1.83. The lowest BCUT2D eigenvalue weighted by Gasteiger charge is -2.35. The first-order valence-corrected chi connectivity index (χ1v) is 14.3. The fourth-order valence-corrected chi connectivity index (χ4v) is 7.32. The third kappa shape index (κ3) is 6.60. The summed E-state index contributed by atoms with van der Waals surface area (Å²) in [7, 11) is 0. The minimum Gasteiger partial charge on any atom is -0.363 e. The van der Waals surface area contributed by atoms with E-state index in [0.717, 1.165) is 19.3 Å². The maximum absolute atomic E-state index is 14.1. The summed E-state index contributed by atoms with van der Waals surface area (Å²) in [5.41, 5.74) is 4.77. The normalized spacial score (nSPS) is 28.5. The van der Waals surface area contributed by atoms with Gasteiger partial charge in [-0.1, -0.05) is 74.7 Å². The van der Waals surface area contributed by atoms with Crippen LogP contribution in [0.15, 0.2) is 0 Å². The van der Waals surface area contributed by atoms with Crippen molar-refractivity contribution in [2.24, 2.45) is 63.4 Å². The molecule has 3 aliphatic rings. The van der Waals surface area contributed by atoms with Gasteiger partial charge in [0.05, 0.1) is 0 Å². The number of Topliss-reactive ketones (excluding diaryl/α,β-unsaturated/α-hetero) is 4. The highest BCUT2D eigenvalue weighted by Gasteiger charge is 2.69. The van der Waals surface area contributed by atoms with E-state index in [0.29, 0.717) is 31.1 Å². The van der Waals surface area contributed by atoms with Crippen LogP contribution in [0, 0.1) is 57.7 Å². The van der Waals surface area contributed by atoms with Crippen molar-refractivity contribution in [1.29, 1.82) is 0 Å². The lowest BCUT2D eigenvalue weighted by molar-refractivity contribution is -0.142. The largest absolute Gasteiger partial charge is 0.363 e. The molecule has 6 nitrogen and oxygen atoms in total. The number of hydrogen-bond donors (Lipinski definition) is 1. The van der Waals surface area contributed by atoms with E-state index < -0.39 is 40.8 Å². The van der Waals surface area contributed by atoms with Crippen LogP contribution in [-0.4, -0.2) is 29.0 Å². The summed E-state index contributed by atoms with van der Waals surface area (Å²) in [6.07, 6.45) is 4.89. The average Bonchev–Trinajstić information content (AvgIpc) is 3.06. The molecule has 3 aliphatic carbocycles. The average molecular weight is 516 g/mol. The number of nitrogens with two attached hydrogens (primary N) is 1. The van der Waals surface area contributed by atoms with Gasteiger partial charge in [0.1, 0.15) is 17.3 Å². The lowest BCUT2D eigenvalue weighted by atomic mass is 9.67. The van der Waals surface area contributed by atoms with Gasteiger partial charge in [-0.2, -0.15) is 0 Å². The molecule has 3 fully saturated rings. The number of carbonyl (C=O) groups excluding carboxylic acids is 5. The van der Waals surface area contributed by atoms with E-state index >= 15 is 0 Å². The standard InChI is InChI=1S/C31H49NO5/c1-29(2,3)16-19(33)14-22(30(4,5)6)27(36)20-15-21-25(31(21,7)8)24(20)23(34)13-18(26(35)28(32)37)12-17-10-9-11-17/h17-18,20-22,24-25H,9-16H2,1-8H3,(H2,32,37)/t18?,20-,21+,22-,24-,25+/m1/s1. The minimum atomic E-state index is -0.981. The quantitative estimate of drug-likeness (QED) is 0.353. The van der Waals surface area contributed by atoms with Crippen LogP contribution in [0.4, 0.5) is 0 Å². The van der Waals surface area contributed by atoms with E-state index in [9.17, 15) is 24.0 Å². The Kier molecular flexibility index (Phi) is 8.33. The monoisotopic (exact) mass is 515 g/mol. The molecule has 6 heteroatoms. The highest BCUT2D eigenvalue weighted by Crippen LogP contribution is 2.71. The van der Waals surface area contributed by atoms with Crippen LogP contribution in [0.25, 0.3) is 0 Å². The maximum Gasteiger partial charge on any atom is 0.285 e. The van der Waals surface area contributed by atoms with Crippen molar-refractivity contribution in [3.05, 3.63) is 0 Å². The molecule has 0 radical (unpaired) electrons. The molecule has 0 spiro atoms. The molecule has 2 N–H and O–H groups in total. The molecule has 0 aliphatic heterocycles. The third-order valence-electron chi connectivity index (χ3n) is 9.66. The first kappa shape index (κ1) is 29.7. The van der Waals surface area contributed by atoms with Crippen molar-refractivity contribution in [2.75, 3.05) is 0 Å². The number of fused-ring (bicyclic) bond motifs is 1. The second-order valence-corrected chi connectivity index (χ2v) is 15.3. The van der Waals surface area contributed by atoms with Gasteiger partial charge in [0.15, 0.2) is 0 Å². The topological polar surface area (TPSA) is 111 Å². The molecule has 1 amide bonds. The van der Waals surface area contributed by atoms with Crippen LogP contribution in [0.5, 0.6) is 0 Å². The smallest absolute Gasteiger partial charge is 0.285 e. The zero-order valence-corrected chi connectivity index (χ0v) is 24.3. The highest BCUT2D eigenvalue weighted by atomic mass is 16.2. The van der Waals surface area contributed by atoms with Crippen LogP contribution in [0.2, 0.25) is 0 Å². The van der Waals surface area contributed by atoms with Crippen LogP contribution in [0.3, 0.4) is 0 Å². The van der Waals surface area contributed by atoms with E-state index in [1.54, 1.807) is 0 Å². The van der Waals surface area contributed by atoms with Crippen LogP contribution in [0.1, 0.15) is 107 Å². The molecule has 0 aromatic heterocycles. The highest BCUT2D eigenvalue weighted by molar-refractivity contribution is 6.36. The summed E-state index contributed by atoms with van der Waals surface area (Å²) < 4.78 is 0. The first-order valence-electron chi connectivity index (χ1n) is 14.3. The predicted octanol–water partition coefficient (Wildman–Crippen LogP) is 5.34. The van der Waals surface area contributed by atoms with Crippen molar-refractivity contribution in [3.8, 4) is 0 Å². The molecule has 0 aromatic carbocycles. The van der Waals surface area contributed by atoms with Gasteiger partial charge in [-0.05, 0) is 46.8 Å². The van der Waals surface area contributed by atoms with Gasteiger partial charge in [0, 0.05) is 42.9 Å². The number of rotatable bonds is 12. The SMILES string of the molecule is CC(C)(C)CC(=O)C[C@H](C(=O)[C@@H]1C[C@H]2[C@@H]([C@H]1C(=O)CC(CC1CCC1)C(=O)C(N)=O)C2(C)C)C(C)(C)C. The van der Waals surface area contributed by atoms with E-state index in [1.165, 1.54) is 0 Å². The zero-order valence-electron chi connectivity index (χ0n) is 24.3. The van der Waals surface area contributed by atoms with Crippen molar-refractivity contribution >= 4 is 29.0 Å². The Bertz CT molecular complexity index is 946. The fourth-order valence-electron chi connectivity index (χ4n) is 7.32. The molecule has 0 bridgehead atoms. The summed E-state index contributed by atoms with van der Waals surface area (Å²) in [6, 6.07) is 0.